The van der Waals surface area contributed by atoms with E-state index in [9.17, 15) is 0 Å². The predicted molar refractivity (Wildman–Crippen MR) is 227 cm³/mol. The molecule has 0 unspecified atom stereocenters. The van der Waals surface area contributed by atoms with Gasteiger partial charge < -0.3 is 0 Å². The van der Waals surface area contributed by atoms with Crippen LogP contribution in [0.3, 0.4) is 0 Å². The third-order valence-corrected chi connectivity index (χ3v) is 16.4. The van der Waals surface area contributed by atoms with Crippen molar-refractivity contribution in [3.05, 3.63) is 0 Å². The van der Waals surface area contributed by atoms with Crippen LogP contribution in [0.5, 0.6) is 0 Å². The van der Waals surface area contributed by atoms with Crippen LogP contribution in [0.2, 0.25) is 0 Å². The molecule has 0 aromatic carbocycles. The Morgan fingerprint density at radius 2 is 0.348 bits per heavy atom. The lowest BCUT2D eigenvalue weighted by Gasteiger charge is -2.04. The zero-order valence-corrected chi connectivity index (χ0v) is 35.2. The van der Waals surface area contributed by atoms with Gasteiger partial charge >= 0.3 is 0 Å². The number of unbranched alkanes of at least 4 members (excludes halogenated alkanes) is 36. The monoisotopic (exact) mass is 719 g/mol. The van der Waals surface area contributed by atoms with E-state index in [2.05, 4.69) is 35.4 Å². The van der Waals surface area contributed by atoms with Gasteiger partial charge in [-0.1, -0.05) is 267 Å². The summed E-state index contributed by atoms with van der Waals surface area (Å²) in [4.78, 5) is 0. The van der Waals surface area contributed by atoms with E-state index in [1.165, 1.54) is 255 Å². The molecule has 0 rings (SSSR count). The number of rotatable bonds is 43. The summed E-state index contributed by atoms with van der Waals surface area (Å²) >= 11 is 0. The summed E-state index contributed by atoms with van der Waals surface area (Å²) in [7, 11) is 8.24. The van der Waals surface area contributed by atoms with Gasteiger partial charge in [-0.05, 0) is 32.5 Å². The molecular formula is C42H86S4. The molecule has 0 bridgehead atoms. The predicted octanol–water partition coefficient (Wildman–Crippen LogP) is 18.5. The topological polar surface area (TPSA) is 0 Å². The number of hydrogen-bond donors (Lipinski definition) is 0. The maximum absolute atomic E-state index is 2.31. The van der Waals surface area contributed by atoms with Gasteiger partial charge in [0.15, 0.2) is 0 Å². The van der Waals surface area contributed by atoms with Gasteiger partial charge in [-0.2, -0.15) is 0 Å². The maximum atomic E-state index is 2.31. The van der Waals surface area contributed by atoms with Crippen molar-refractivity contribution in [2.45, 2.75) is 258 Å². The molecule has 0 fully saturated rings. The van der Waals surface area contributed by atoms with Crippen LogP contribution < -0.4 is 0 Å². The quantitative estimate of drug-likeness (QED) is 0.0454. The molecule has 278 valence electrons. The van der Waals surface area contributed by atoms with Gasteiger partial charge in [0.1, 0.15) is 0 Å². The first kappa shape index (κ1) is 47.4. The van der Waals surface area contributed by atoms with Crippen LogP contribution in [-0.4, -0.2) is 11.5 Å². The summed E-state index contributed by atoms with van der Waals surface area (Å²) in [6, 6.07) is 0. The molecule has 0 heterocycles. The fourth-order valence-corrected chi connectivity index (χ4v) is 12.8. The second kappa shape index (κ2) is 46.4. The zero-order chi connectivity index (χ0) is 33.1. The minimum absolute atomic E-state index is 1.34. The molecule has 0 radical (unpaired) electrons. The van der Waals surface area contributed by atoms with Gasteiger partial charge in [-0.25, -0.2) is 0 Å². The Kier molecular flexibility index (Phi) is 47.8. The average Bonchev–Trinajstić information content (AvgIpc) is 3.07. The maximum Gasteiger partial charge on any atom is 0.00454 e. The second-order valence-electron chi connectivity index (χ2n) is 14.5. The third kappa shape index (κ3) is 45.4. The van der Waals surface area contributed by atoms with Crippen molar-refractivity contribution in [3.63, 3.8) is 0 Å². The van der Waals surface area contributed by atoms with E-state index in [0.717, 1.165) is 0 Å². The van der Waals surface area contributed by atoms with E-state index in [1.807, 2.05) is 19.7 Å². The van der Waals surface area contributed by atoms with Crippen LogP contribution in [0.4, 0.5) is 0 Å². The van der Waals surface area contributed by atoms with Gasteiger partial charge in [0.25, 0.3) is 0 Å². The molecular weight excluding hydrogens is 633 g/mol. The summed E-state index contributed by atoms with van der Waals surface area (Å²) in [5, 5.41) is 0. The minimum Gasteiger partial charge on any atom is -0.0817 e. The molecule has 0 aliphatic rings. The smallest absolute Gasteiger partial charge is 0.00454 e. The molecule has 0 amide bonds. The summed E-state index contributed by atoms with van der Waals surface area (Å²) in [6.07, 6.45) is 55.8. The highest BCUT2D eigenvalue weighted by Gasteiger charge is 1.99. The Balaban J connectivity index is 3.03. The molecule has 0 nitrogen and oxygen atoms in total. The summed E-state index contributed by atoms with van der Waals surface area (Å²) in [5.74, 6) is 2.69. The molecule has 0 saturated carbocycles. The van der Waals surface area contributed by atoms with Crippen molar-refractivity contribution in [1.82, 2.24) is 0 Å². The average molecular weight is 719 g/mol. The first-order valence-electron chi connectivity index (χ1n) is 21.5. The Morgan fingerprint density at radius 1 is 0.196 bits per heavy atom. The van der Waals surface area contributed by atoms with Crippen LogP contribution in [0, 0.1) is 0 Å². The zero-order valence-electron chi connectivity index (χ0n) is 31.9. The first-order valence-corrected chi connectivity index (χ1v) is 26.6. The lowest BCUT2D eigenvalue weighted by Crippen LogP contribution is -1.84. The lowest BCUT2D eigenvalue weighted by atomic mass is 10.0. The summed E-state index contributed by atoms with van der Waals surface area (Å²) in [5.41, 5.74) is 0. The molecule has 46 heavy (non-hydrogen) atoms. The van der Waals surface area contributed by atoms with E-state index in [1.54, 1.807) is 0 Å². The molecule has 0 N–H and O–H groups in total. The molecule has 0 aliphatic carbocycles. The number of hydrogen-bond acceptors (Lipinski definition) is 4. The van der Waals surface area contributed by atoms with Crippen LogP contribution in [0.25, 0.3) is 0 Å². The van der Waals surface area contributed by atoms with Crippen molar-refractivity contribution in [1.29, 1.82) is 0 Å². The molecule has 0 aliphatic heterocycles. The van der Waals surface area contributed by atoms with Crippen LogP contribution >= 0.6 is 41.2 Å². The van der Waals surface area contributed by atoms with Crippen molar-refractivity contribution in [2.24, 2.45) is 0 Å². The van der Waals surface area contributed by atoms with Gasteiger partial charge in [0.2, 0.25) is 0 Å². The van der Waals surface area contributed by atoms with Gasteiger partial charge in [-0.3, -0.25) is 0 Å². The van der Waals surface area contributed by atoms with Crippen LogP contribution in [0.1, 0.15) is 258 Å². The second-order valence-corrected chi connectivity index (χ2v) is 20.7. The SMILES string of the molecule is CCCCCCCCCCCCCCCCCCCCCSSSSCCCCCCCCCCCCCCCCCCCCC. The Morgan fingerprint density at radius 3 is 0.522 bits per heavy atom. The van der Waals surface area contributed by atoms with E-state index in [0.29, 0.717) is 0 Å². The molecule has 0 spiro atoms. The largest absolute Gasteiger partial charge is 0.0817 e. The van der Waals surface area contributed by atoms with E-state index >= 15 is 0 Å². The fraction of sp³-hybridized carbons (Fsp3) is 1.00. The Labute approximate surface area is 308 Å². The van der Waals surface area contributed by atoms with Crippen molar-refractivity contribution in [3.8, 4) is 0 Å². The normalized spacial score (nSPS) is 11.6. The highest BCUT2D eigenvalue weighted by atomic mass is 33.7. The van der Waals surface area contributed by atoms with Gasteiger partial charge in [0, 0.05) is 11.5 Å². The fourth-order valence-electron chi connectivity index (χ4n) is 6.59. The standard InChI is InChI=1S/C42H86S4/c1-3-5-7-9-11-13-15-17-19-21-23-25-27-29-31-33-35-37-39-41-43-45-46-44-42-40-38-36-34-32-30-28-26-24-22-20-18-16-14-12-10-8-6-4-2/h3-42H2,1-2H3. The third-order valence-electron chi connectivity index (χ3n) is 9.79. The van der Waals surface area contributed by atoms with E-state index in [-0.39, 0.29) is 0 Å². The van der Waals surface area contributed by atoms with Crippen molar-refractivity contribution in [2.75, 3.05) is 11.5 Å². The van der Waals surface area contributed by atoms with E-state index < -0.39 is 0 Å². The molecule has 4 heteroatoms. The Bertz CT molecular complexity index is 456. The molecule has 0 aromatic rings. The minimum atomic E-state index is 1.34. The molecule has 0 aromatic heterocycles. The Hall–Kier alpha value is 1.40. The summed E-state index contributed by atoms with van der Waals surface area (Å²) < 4.78 is 0. The van der Waals surface area contributed by atoms with E-state index in [4.69, 9.17) is 0 Å². The molecule has 0 atom stereocenters. The van der Waals surface area contributed by atoms with Crippen molar-refractivity contribution < 1.29 is 0 Å². The van der Waals surface area contributed by atoms with Crippen LogP contribution in [0.15, 0.2) is 0 Å². The van der Waals surface area contributed by atoms with Gasteiger partial charge in [-0.15, -0.1) is 0 Å². The summed E-state index contributed by atoms with van der Waals surface area (Å²) in [6.45, 7) is 4.62. The van der Waals surface area contributed by atoms with Crippen molar-refractivity contribution >= 4 is 41.2 Å². The first-order chi connectivity index (χ1) is 22.9. The van der Waals surface area contributed by atoms with Crippen LogP contribution in [-0.2, 0) is 0 Å². The highest BCUT2D eigenvalue weighted by Crippen LogP contribution is 2.43. The molecule has 0 saturated heterocycles. The van der Waals surface area contributed by atoms with Gasteiger partial charge in [0.05, 0.1) is 0 Å². The lowest BCUT2D eigenvalue weighted by molar-refractivity contribution is 0.525. The highest BCUT2D eigenvalue weighted by molar-refractivity contribution is 9.26.